The number of rotatable bonds is 4. The van der Waals surface area contributed by atoms with Gasteiger partial charge < -0.3 is 0 Å². The molecule has 1 saturated heterocycles. The van der Waals surface area contributed by atoms with Crippen molar-refractivity contribution in [1.29, 1.82) is 0 Å². The third-order valence-electron chi connectivity index (χ3n) is 6.40. The van der Waals surface area contributed by atoms with Crippen LogP contribution in [0.3, 0.4) is 0 Å². The molecule has 2 aromatic carbocycles. The summed E-state index contributed by atoms with van der Waals surface area (Å²) in [5.74, 6) is 0.0279. The maximum absolute atomic E-state index is 13.8. The predicted molar refractivity (Wildman–Crippen MR) is 109 cm³/mol. The molecule has 0 saturated carbocycles. The van der Waals surface area contributed by atoms with Crippen LogP contribution in [0.1, 0.15) is 32.3 Å². The Morgan fingerprint density at radius 3 is 2.33 bits per heavy atom. The molecule has 4 rings (SSSR count). The van der Waals surface area contributed by atoms with Gasteiger partial charge in [-0.05, 0) is 44.4 Å². The third kappa shape index (κ3) is 3.05. The Hall–Kier alpha value is -1.91. The maximum Gasteiger partial charge on any atom is 0.185 e. The van der Waals surface area contributed by atoms with Gasteiger partial charge >= 0.3 is 0 Å². The Morgan fingerprint density at radius 1 is 1.04 bits per heavy atom. The number of allylic oxidation sites excluding steroid dienone is 1. The minimum absolute atomic E-state index is 0.0279. The summed E-state index contributed by atoms with van der Waals surface area (Å²) in [5.41, 5.74) is 2.54. The topological polar surface area (TPSA) is 37.4 Å². The first kappa shape index (κ1) is 18.5. The van der Waals surface area contributed by atoms with Crippen LogP contribution in [0.25, 0.3) is 0 Å². The van der Waals surface area contributed by atoms with E-state index in [0.717, 1.165) is 13.0 Å². The van der Waals surface area contributed by atoms with Crippen LogP contribution in [0.4, 0.5) is 0 Å². The fourth-order valence-electron chi connectivity index (χ4n) is 4.85. The first-order chi connectivity index (χ1) is 12.9. The van der Waals surface area contributed by atoms with Gasteiger partial charge in [-0.3, -0.25) is 4.90 Å². The first-order valence-corrected chi connectivity index (χ1v) is 11.2. The van der Waals surface area contributed by atoms with Crippen LogP contribution in [0.15, 0.2) is 77.2 Å². The van der Waals surface area contributed by atoms with Gasteiger partial charge in [0.25, 0.3) is 0 Å². The van der Waals surface area contributed by atoms with E-state index in [1.165, 1.54) is 11.1 Å². The van der Waals surface area contributed by atoms with E-state index in [0.29, 0.717) is 17.9 Å². The zero-order chi connectivity index (χ0) is 19.1. The molecule has 0 bridgehead atoms. The molecule has 1 fully saturated rings. The molecule has 0 amide bonds. The lowest BCUT2D eigenvalue weighted by molar-refractivity contribution is 0.245. The summed E-state index contributed by atoms with van der Waals surface area (Å²) in [6, 6.07) is 19.6. The number of sulfone groups is 1. The number of benzene rings is 2. The Labute approximate surface area is 162 Å². The molecule has 2 aliphatic rings. The highest BCUT2D eigenvalue weighted by Crippen LogP contribution is 2.49. The SMILES string of the molecule is CC1=C[C@H]2[C@H](C)N(Cc3ccccc3)C[C@@]2(S(=O)(=O)c2ccccc2)CC1. The summed E-state index contributed by atoms with van der Waals surface area (Å²) in [7, 11) is -3.43. The molecule has 0 aromatic heterocycles. The van der Waals surface area contributed by atoms with E-state index in [9.17, 15) is 8.42 Å². The van der Waals surface area contributed by atoms with Gasteiger partial charge in [0.1, 0.15) is 0 Å². The van der Waals surface area contributed by atoms with Crippen LogP contribution >= 0.6 is 0 Å². The minimum Gasteiger partial charge on any atom is -0.294 e. The predicted octanol–water partition coefficient (Wildman–Crippen LogP) is 4.46. The Balaban J connectivity index is 1.75. The van der Waals surface area contributed by atoms with Gasteiger partial charge in [0.05, 0.1) is 9.64 Å². The van der Waals surface area contributed by atoms with Crippen molar-refractivity contribution in [3.05, 3.63) is 77.9 Å². The minimum atomic E-state index is -3.43. The van der Waals surface area contributed by atoms with Crippen LogP contribution in [0.2, 0.25) is 0 Å². The second-order valence-corrected chi connectivity index (χ2v) is 10.3. The van der Waals surface area contributed by atoms with Gasteiger partial charge in [0.2, 0.25) is 0 Å². The Morgan fingerprint density at radius 2 is 1.67 bits per heavy atom. The summed E-state index contributed by atoms with van der Waals surface area (Å²) in [6.45, 7) is 5.70. The molecular formula is C23H27NO2S. The Kier molecular flexibility index (Phi) is 4.73. The number of likely N-dealkylation sites (tertiary alicyclic amines) is 1. The normalized spacial score (nSPS) is 28.6. The summed E-state index contributed by atoms with van der Waals surface area (Å²) < 4.78 is 26.8. The van der Waals surface area contributed by atoms with Crippen molar-refractivity contribution in [2.45, 2.75) is 48.9 Å². The summed E-state index contributed by atoms with van der Waals surface area (Å²) >= 11 is 0. The van der Waals surface area contributed by atoms with Crippen molar-refractivity contribution >= 4 is 9.84 Å². The monoisotopic (exact) mass is 381 g/mol. The van der Waals surface area contributed by atoms with Crippen molar-refractivity contribution in [3.63, 3.8) is 0 Å². The smallest absolute Gasteiger partial charge is 0.185 e. The zero-order valence-corrected chi connectivity index (χ0v) is 16.8. The van der Waals surface area contributed by atoms with E-state index in [2.05, 4.69) is 37.0 Å². The van der Waals surface area contributed by atoms with Crippen LogP contribution < -0.4 is 0 Å². The molecule has 3 atom stereocenters. The third-order valence-corrected chi connectivity index (χ3v) is 8.97. The van der Waals surface area contributed by atoms with Crippen molar-refractivity contribution in [1.82, 2.24) is 4.90 Å². The van der Waals surface area contributed by atoms with Gasteiger partial charge in [0.15, 0.2) is 9.84 Å². The van der Waals surface area contributed by atoms with Gasteiger partial charge in [-0.1, -0.05) is 60.2 Å². The summed E-state index contributed by atoms with van der Waals surface area (Å²) in [6.07, 6.45) is 3.79. The van der Waals surface area contributed by atoms with E-state index in [1.807, 2.05) is 36.4 Å². The molecule has 4 heteroatoms. The van der Waals surface area contributed by atoms with E-state index in [4.69, 9.17) is 0 Å². The van der Waals surface area contributed by atoms with E-state index in [-0.39, 0.29) is 12.0 Å². The highest BCUT2D eigenvalue weighted by molar-refractivity contribution is 7.93. The summed E-state index contributed by atoms with van der Waals surface area (Å²) in [4.78, 5) is 2.81. The number of hydrogen-bond donors (Lipinski definition) is 0. The quantitative estimate of drug-likeness (QED) is 0.734. The zero-order valence-electron chi connectivity index (χ0n) is 16.0. The maximum atomic E-state index is 13.8. The average molecular weight is 382 g/mol. The molecular weight excluding hydrogens is 354 g/mol. The summed E-state index contributed by atoms with van der Waals surface area (Å²) in [5, 5.41) is 0. The molecule has 0 unspecified atom stereocenters. The van der Waals surface area contributed by atoms with Crippen LogP contribution in [0.5, 0.6) is 0 Å². The number of fused-ring (bicyclic) bond motifs is 1. The van der Waals surface area contributed by atoms with Crippen molar-refractivity contribution in [3.8, 4) is 0 Å². The second kappa shape index (κ2) is 6.92. The second-order valence-electron chi connectivity index (χ2n) is 8.05. The van der Waals surface area contributed by atoms with Crippen molar-refractivity contribution in [2.24, 2.45) is 5.92 Å². The molecule has 142 valence electrons. The number of hydrogen-bond acceptors (Lipinski definition) is 3. The standard InChI is InChI=1S/C23H27NO2S/c1-18-13-14-23(27(25,26)21-11-7-4-8-12-21)17-24(19(2)22(23)15-18)16-20-9-5-3-6-10-20/h3-12,15,19,22H,13-14,16-17H2,1-2H3/t19-,22-,23-/m0/s1. The van der Waals surface area contributed by atoms with Gasteiger partial charge in [0, 0.05) is 25.0 Å². The molecule has 0 spiro atoms. The van der Waals surface area contributed by atoms with Gasteiger partial charge in [-0.15, -0.1) is 0 Å². The van der Waals surface area contributed by atoms with E-state index in [1.54, 1.807) is 12.1 Å². The largest absolute Gasteiger partial charge is 0.294 e. The molecule has 0 N–H and O–H groups in total. The van der Waals surface area contributed by atoms with Crippen LogP contribution in [0, 0.1) is 5.92 Å². The number of nitrogens with zero attached hydrogens (tertiary/aromatic N) is 1. The lowest BCUT2D eigenvalue weighted by Gasteiger charge is -2.37. The van der Waals surface area contributed by atoms with Gasteiger partial charge in [-0.2, -0.15) is 0 Å². The van der Waals surface area contributed by atoms with Crippen LogP contribution in [-0.4, -0.2) is 30.7 Å². The molecule has 1 heterocycles. The molecule has 0 radical (unpaired) electrons. The molecule has 2 aromatic rings. The van der Waals surface area contributed by atoms with Crippen LogP contribution in [-0.2, 0) is 16.4 Å². The van der Waals surface area contributed by atoms with Crippen molar-refractivity contribution in [2.75, 3.05) is 6.54 Å². The highest BCUT2D eigenvalue weighted by atomic mass is 32.2. The van der Waals surface area contributed by atoms with Crippen molar-refractivity contribution < 1.29 is 8.42 Å². The fourth-order valence-corrected chi connectivity index (χ4v) is 7.16. The fraction of sp³-hybridized carbons (Fsp3) is 0.391. The van der Waals surface area contributed by atoms with Gasteiger partial charge in [-0.25, -0.2) is 8.42 Å². The highest BCUT2D eigenvalue weighted by Gasteiger charge is 2.58. The molecule has 1 aliphatic heterocycles. The average Bonchev–Trinajstić information content (AvgIpc) is 2.96. The molecule has 3 nitrogen and oxygen atoms in total. The molecule has 27 heavy (non-hydrogen) atoms. The first-order valence-electron chi connectivity index (χ1n) is 9.69. The lowest BCUT2D eigenvalue weighted by Crippen LogP contribution is -2.47. The van der Waals surface area contributed by atoms with E-state index >= 15 is 0 Å². The lowest BCUT2D eigenvalue weighted by atomic mass is 9.80. The Bertz CT molecular complexity index is 937. The molecule has 1 aliphatic carbocycles. The van der Waals surface area contributed by atoms with E-state index < -0.39 is 14.6 Å².